The zero-order chi connectivity index (χ0) is 82.0. The lowest BCUT2D eigenvalue weighted by Gasteiger charge is -2.38. The number of aromatic nitrogens is 12. The van der Waals surface area contributed by atoms with Crippen molar-refractivity contribution in [1.82, 2.24) is 89.2 Å². The van der Waals surface area contributed by atoms with E-state index in [1.807, 2.05) is 91.0 Å². The number of carbonyl (C=O) groups excluding carboxylic acids is 6. The summed E-state index contributed by atoms with van der Waals surface area (Å²) < 4.78 is 61.5. The third kappa shape index (κ3) is 16.1. The Morgan fingerprint density at radius 2 is 0.712 bits per heavy atom. The van der Waals surface area contributed by atoms with E-state index in [0.29, 0.717) is 98.6 Å². The van der Waals surface area contributed by atoms with Crippen molar-refractivity contribution in [3.63, 3.8) is 0 Å². The van der Waals surface area contributed by atoms with Gasteiger partial charge in [0.1, 0.15) is 55.6 Å². The van der Waals surface area contributed by atoms with Crippen LogP contribution >= 0.6 is 0 Å². The molecule has 3 aromatic carbocycles. The van der Waals surface area contributed by atoms with Gasteiger partial charge in [0.25, 0.3) is 17.7 Å². The number of anilines is 3. The molecule has 9 aromatic rings. The van der Waals surface area contributed by atoms with E-state index in [0.717, 1.165) is 16.7 Å². The van der Waals surface area contributed by atoms with Crippen LogP contribution in [0, 0.1) is 17.8 Å². The van der Waals surface area contributed by atoms with Crippen molar-refractivity contribution in [3.05, 3.63) is 146 Å². The minimum atomic E-state index is -1.03. The Morgan fingerprint density at radius 3 is 1.05 bits per heavy atom. The highest BCUT2D eigenvalue weighted by molar-refractivity contribution is 5.98. The molecule has 0 aliphatic carbocycles. The summed E-state index contributed by atoms with van der Waals surface area (Å²) in [5.74, 6) is -4.12. The van der Waals surface area contributed by atoms with E-state index in [1.165, 1.54) is 42.9 Å². The van der Waals surface area contributed by atoms with Crippen LogP contribution in [0.3, 0.4) is 0 Å². The maximum atomic E-state index is 13.7. The Balaban J connectivity index is 0.000000132. The lowest BCUT2D eigenvalue weighted by molar-refractivity contribution is -0.175. The zero-order valence-corrected chi connectivity index (χ0v) is 63.6. The van der Waals surface area contributed by atoms with E-state index in [2.05, 4.69) is 76.8 Å². The first kappa shape index (κ1) is 79.4. The topological polar surface area (TPSA) is 510 Å². The maximum absolute atomic E-state index is 13.7. The number of carboxylic acids is 3. The van der Waals surface area contributed by atoms with E-state index in [-0.39, 0.29) is 60.6 Å². The fourth-order valence-electron chi connectivity index (χ4n) is 15.8. The highest BCUT2D eigenvalue weighted by Crippen LogP contribution is 2.50. The molecule has 16 atom stereocenters. The van der Waals surface area contributed by atoms with Crippen LogP contribution in [0.2, 0.25) is 0 Å². The minimum Gasteiger partial charge on any atom is -0.481 e. The molecule has 0 spiro atoms. The third-order valence-electron chi connectivity index (χ3n) is 21.6. The SMILES string of the molecule is CCNC(=O)Nc1ncnc2c1ncn2C1OC(C(=O)N2CC(C(=O)O)C2)C2O[C@H](c3ccccc3)OC21.CCNC(=O)Nc1ncnc2c1ncn2C1OC(C(=O)N2CCC(C(=O)O)CC2)C2O[C@H](c3ccccc3)OC21.CCNC(=O)Nc1ncnc2c1ncn2C1OC(C(=O)N2CC[C@H](CC(=O)O)C2)C2O[C@H](c3ccccc3)OC21. The molecule has 118 heavy (non-hydrogen) atoms. The number of carboxylic acid groups (broad SMARTS) is 3. The zero-order valence-electron chi connectivity index (χ0n) is 63.6. The van der Waals surface area contributed by atoms with E-state index in [9.17, 15) is 58.5 Å². The lowest BCUT2D eigenvalue weighted by atomic mass is 9.96. The fraction of sp³-hybridized carbons (Fsp3) is 0.447. The van der Waals surface area contributed by atoms with Crippen LogP contribution in [0.5, 0.6) is 0 Å². The first-order chi connectivity index (χ1) is 57.3. The van der Waals surface area contributed by atoms with Crippen LogP contribution in [0.1, 0.15) is 101 Å². The van der Waals surface area contributed by atoms with Crippen LogP contribution in [-0.4, -0.2) is 256 Å². The molecule has 9 amide bonds. The Morgan fingerprint density at radius 1 is 0.381 bits per heavy atom. The first-order valence-electron chi connectivity index (χ1n) is 38.6. The van der Waals surface area contributed by atoms with Gasteiger partial charge in [-0.25, -0.2) is 59.2 Å². The molecule has 9 fully saturated rings. The van der Waals surface area contributed by atoms with Crippen LogP contribution < -0.4 is 31.9 Å². The minimum absolute atomic E-state index is 0.00700. The molecule has 42 nitrogen and oxygen atoms in total. The van der Waals surface area contributed by atoms with Crippen molar-refractivity contribution >= 4 is 105 Å². The molecular formula is C76H83N21O21. The number of nitrogens with one attached hydrogen (secondary N) is 6. The number of aliphatic carboxylic acids is 3. The predicted octanol–water partition coefficient (Wildman–Crippen LogP) is 4.23. The number of fused-ring (bicyclic) bond motifs is 6. The molecule has 0 bridgehead atoms. The maximum Gasteiger partial charge on any atom is 0.320 e. The Bertz CT molecular complexity index is 5030. The number of hydrogen-bond donors (Lipinski definition) is 9. The number of likely N-dealkylation sites (tertiary alicyclic amines) is 3. The summed E-state index contributed by atoms with van der Waals surface area (Å²) >= 11 is 0. The molecule has 42 heteroatoms. The van der Waals surface area contributed by atoms with Crippen molar-refractivity contribution in [2.45, 2.75) is 139 Å². The number of carbonyl (C=O) groups is 9. The smallest absolute Gasteiger partial charge is 0.320 e. The standard InChI is InChI=1S/2C26H29N7O7.C24H25N7O7/c1-2-27-26(37)31-20-16-21(29-12-28-20)33(13-30-16)23-19-17(39-25(40-19)15-6-4-3-5-7-15)18(38-23)22(34)32-10-8-14(9-11-32)24(35)36;1-2-27-26(37)31-21-17-22(29-12-28-21)33(13-30-17)24-20-18(39-25(40-20)15-6-4-3-5-7-15)19(38-24)23(36)32-9-8-14(11-32)10-16(34)35;1-2-25-24(35)29-18-14-19(27-10-26-18)31(11-28-14)21-17-15(37-23(38-17)12-6-4-3-5-7-12)16(36-21)20(32)30-8-13(9-30)22(33)34/h3-7,12-14,17-19,23,25H,2,8-11H2,1H3,(H,35,36)(H2,27,28,29,31,37);3-7,12-14,18-20,24-25H,2,8-11H2,1H3,(H,34,35)(H2,27,28,29,31,37);3-7,10-11,13,15-17,21,23H,2,8-9H2,1H3,(H,33,34)(H2,25,26,27,29,35)/t17?,18?,19?,23?,25-;14-,18?,19?,20?,24?,25+;15?,16?,17?,21?,23-/m010/s1. The number of benzene rings is 3. The number of urea groups is 3. The Labute approximate surface area is 669 Å². The highest BCUT2D eigenvalue weighted by Gasteiger charge is 2.61. The second-order valence-corrected chi connectivity index (χ2v) is 29.0. The number of nitrogens with zero attached hydrogens (tertiary/aromatic N) is 15. The summed E-state index contributed by atoms with van der Waals surface area (Å²) in [5, 5.41) is 43.7. The van der Waals surface area contributed by atoms with Gasteiger partial charge >= 0.3 is 36.0 Å². The molecular weight excluding hydrogens is 1540 g/mol. The molecule has 9 aliphatic heterocycles. The van der Waals surface area contributed by atoms with Crippen molar-refractivity contribution < 1.29 is 101 Å². The summed E-state index contributed by atoms with van der Waals surface area (Å²) in [7, 11) is 0. The number of amides is 9. The Hall–Kier alpha value is -12.4. The van der Waals surface area contributed by atoms with Crippen molar-refractivity contribution in [1.29, 1.82) is 0 Å². The second-order valence-electron chi connectivity index (χ2n) is 29.0. The van der Waals surface area contributed by atoms with Gasteiger partial charge in [-0.1, -0.05) is 91.0 Å². The summed E-state index contributed by atoms with van der Waals surface area (Å²) in [6.07, 6.45) is -2.11. The van der Waals surface area contributed by atoms with Gasteiger partial charge in [-0.2, -0.15) is 0 Å². The van der Waals surface area contributed by atoms with Gasteiger partial charge in [0.05, 0.1) is 30.8 Å². The molecule has 6 aromatic heterocycles. The quantitative estimate of drug-likeness (QED) is 0.0547. The van der Waals surface area contributed by atoms with E-state index >= 15 is 0 Å². The third-order valence-corrected chi connectivity index (χ3v) is 21.6. The fourth-order valence-corrected chi connectivity index (χ4v) is 15.8. The van der Waals surface area contributed by atoms with Crippen LogP contribution in [0.4, 0.5) is 31.8 Å². The normalized spacial score (nSPS) is 26.9. The van der Waals surface area contributed by atoms with Gasteiger partial charge in [0.2, 0.25) is 0 Å². The van der Waals surface area contributed by atoms with Crippen LogP contribution in [0.15, 0.2) is 129 Å². The van der Waals surface area contributed by atoms with Crippen molar-refractivity contribution in [3.8, 4) is 0 Å². The van der Waals surface area contributed by atoms with E-state index in [1.54, 1.807) is 44.3 Å². The molecule has 9 saturated heterocycles. The summed E-state index contributed by atoms with van der Waals surface area (Å²) in [6.45, 7) is 8.35. The number of ether oxygens (including phenoxy) is 9. The first-order valence-corrected chi connectivity index (χ1v) is 38.6. The number of rotatable bonds is 19. The van der Waals surface area contributed by atoms with Crippen molar-refractivity contribution in [2.24, 2.45) is 17.8 Å². The highest BCUT2D eigenvalue weighted by atomic mass is 16.8. The molecule has 9 N–H and O–H groups in total. The molecule has 12 unspecified atom stereocenters. The lowest BCUT2D eigenvalue weighted by Crippen LogP contribution is -2.57. The van der Waals surface area contributed by atoms with Crippen molar-refractivity contribution in [2.75, 3.05) is 74.9 Å². The predicted molar refractivity (Wildman–Crippen MR) is 404 cm³/mol. The monoisotopic (exact) mass is 1630 g/mol. The average Bonchev–Trinajstić information content (AvgIpc) is 1.59. The Kier molecular flexibility index (Phi) is 23.2. The molecule has 618 valence electrons. The van der Waals surface area contributed by atoms with Gasteiger partial charge in [0.15, 0.2) is 107 Å². The van der Waals surface area contributed by atoms with Gasteiger partial charge in [-0.3, -0.25) is 58.4 Å². The van der Waals surface area contributed by atoms with Crippen LogP contribution in [-0.2, 0) is 71.4 Å². The number of hydrogen-bond acceptors (Lipinski definition) is 27. The summed E-state index contributed by atoms with van der Waals surface area (Å²) in [5.41, 5.74) is 4.54. The van der Waals surface area contributed by atoms with Gasteiger partial charge in [-0.05, 0) is 46.0 Å². The van der Waals surface area contributed by atoms with E-state index in [4.69, 9.17) is 42.6 Å². The second kappa shape index (κ2) is 34.4. The van der Waals surface area contributed by atoms with E-state index < -0.39 is 140 Å². The van der Waals surface area contributed by atoms with Gasteiger partial charge < -0.3 is 88.6 Å². The number of piperidine rings is 1. The van der Waals surface area contributed by atoms with Gasteiger partial charge in [-0.15, -0.1) is 0 Å². The van der Waals surface area contributed by atoms with Crippen LogP contribution in [0.25, 0.3) is 33.5 Å². The number of imidazole rings is 3. The molecule has 18 rings (SSSR count). The molecule has 0 saturated carbocycles. The summed E-state index contributed by atoms with van der Waals surface area (Å²) in [4.78, 5) is 154. The molecule has 0 radical (unpaired) electrons. The summed E-state index contributed by atoms with van der Waals surface area (Å²) in [6, 6.07) is 26.9. The average molecular weight is 1630 g/mol. The molecule has 15 heterocycles. The van der Waals surface area contributed by atoms with Gasteiger partial charge in [0, 0.05) is 82.0 Å². The molecule has 9 aliphatic rings. The largest absolute Gasteiger partial charge is 0.481 e.